The highest BCUT2D eigenvalue weighted by molar-refractivity contribution is 5.76. The fourth-order valence-corrected chi connectivity index (χ4v) is 2.56. The van der Waals surface area contributed by atoms with Gasteiger partial charge in [0.05, 0.1) is 18.8 Å². The molecule has 2 aromatic carbocycles. The Balaban J connectivity index is 1.56. The van der Waals surface area contributed by atoms with E-state index in [1.165, 1.54) is 11.1 Å². The molecular weight excluding hydrogens is 300 g/mol. The molecule has 0 aliphatic carbocycles. The van der Waals surface area contributed by atoms with Crippen LogP contribution in [-0.2, 0) is 11.3 Å². The number of carbonyl (C=O) groups is 1. The molecule has 0 radical (unpaired) electrons. The van der Waals surface area contributed by atoms with Crippen molar-refractivity contribution in [3.63, 3.8) is 0 Å². The zero-order valence-corrected chi connectivity index (χ0v) is 13.6. The van der Waals surface area contributed by atoms with Gasteiger partial charge in [-0.2, -0.15) is 0 Å². The van der Waals surface area contributed by atoms with Gasteiger partial charge in [-0.05, 0) is 23.6 Å². The van der Waals surface area contributed by atoms with E-state index in [1.807, 2.05) is 25.1 Å². The Morgan fingerprint density at radius 1 is 1.08 bits per heavy atom. The Morgan fingerprint density at radius 2 is 1.79 bits per heavy atom. The number of aryl methyl sites for hydroxylation is 1. The predicted octanol–water partition coefficient (Wildman–Crippen LogP) is 3.21. The minimum atomic E-state index is -0.0296. The molecule has 122 valence electrons. The Labute approximate surface area is 141 Å². The lowest BCUT2D eigenvalue weighted by atomic mass is 10.0. The summed E-state index contributed by atoms with van der Waals surface area (Å²) >= 11 is 0. The van der Waals surface area contributed by atoms with Crippen molar-refractivity contribution >= 4 is 5.91 Å². The lowest BCUT2D eigenvalue weighted by Crippen LogP contribution is -2.27. The van der Waals surface area contributed by atoms with Crippen molar-refractivity contribution in [1.82, 2.24) is 20.3 Å². The number of nitrogens with zero attached hydrogens (tertiary/aromatic N) is 3. The van der Waals surface area contributed by atoms with E-state index >= 15 is 0 Å². The fourth-order valence-electron chi connectivity index (χ4n) is 2.56. The number of aromatic nitrogens is 3. The highest BCUT2D eigenvalue weighted by Crippen LogP contribution is 2.21. The van der Waals surface area contributed by atoms with Gasteiger partial charge in [-0.25, -0.2) is 0 Å². The third-order valence-corrected chi connectivity index (χ3v) is 3.94. The van der Waals surface area contributed by atoms with Crippen LogP contribution in [0.25, 0.3) is 11.1 Å². The summed E-state index contributed by atoms with van der Waals surface area (Å²) in [5.41, 5.74) is 3.45. The Bertz CT molecular complexity index is 767. The lowest BCUT2D eigenvalue weighted by molar-refractivity contribution is -0.122. The largest absolute Gasteiger partial charge is 0.350 e. The maximum absolute atomic E-state index is 12.0. The van der Waals surface area contributed by atoms with Crippen LogP contribution < -0.4 is 5.32 Å². The molecule has 0 saturated carbocycles. The maximum atomic E-state index is 12.0. The minimum absolute atomic E-state index is 0.00476. The molecule has 1 aromatic heterocycles. The topological polar surface area (TPSA) is 59.8 Å². The third kappa shape index (κ3) is 4.07. The predicted molar refractivity (Wildman–Crippen MR) is 93.1 cm³/mol. The quantitative estimate of drug-likeness (QED) is 0.758. The summed E-state index contributed by atoms with van der Waals surface area (Å²) in [5, 5.41) is 10.6. The molecule has 24 heavy (non-hydrogen) atoms. The monoisotopic (exact) mass is 320 g/mol. The van der Waals surface area contributed by atoms with E-state index in [2.05, 4.69) is 52.0 Å². The molecule has 0 aliphatic heterocycles. The summed E-state index contributed by atoms with van der Waals surface area (Å²) in [6, 6.07) is 18.5. The van der Waals surface area contributed by atoms with E-state index in [9.17, 15) is 4.79 Å². The van der Waals surface area contributed by atoms with Crippen LogP contribution in [0.3, 0.4) is 0 Å². The van der Waals surface area contributed by atoms with E-state index in [1.54, 1.807) is 17.1 Å². The van der Waals surface area contributed by atoms with Crippen LogP contribution in [0.15, 0.2) is 67.0 Å². The van der Waals surface area contributed by atoms with Gasteiger partial charge in [0.1, 0.15) is 0 Å². The van der Waals surface area contributed by atoms with E-state index in [0.717, 1.165) is 5.56 Å². The van der Waals surface area contributed by atoms with Gasteiger partial charge in [-0.3, -0.25) is 9.48 Å². The smallest absolute Gasteiger partial charge is 0.222 e. The van der Waals surface area contributed by atoms with Crippen LogP contribution in [0.2, 0.25) is 0 Å². The van der Waals surface area contributed by atoms with Crippen molar-refractivity contribution in [2.45, 2.75) is 25.9 Å². The zero-order valence-electron chi connectivity index (χ0n) is 13.6. The molecule has 0 saturated heterocycles. The molecule has 1 atom stereocenters. The van der Waals surface area contributed by atoms with Crippen molar-refractivity contribution in [3.05, 3.63) is 72.6 Å². The second-order valence-electron chi connectivity index (χ2n) is 5.69. The van der Waals surface area contributed by atoms with Crippen molar-refractivity contribution in [3.8, 4) is 11.1 Å². The molecule has 3 rings (SSSR count). The molecule has 1 heterocycles. The van der Waals surface area contributed by atoms with Gasteiger partial charge in [-0.1, -0.05) is 59.8 Å². The summed E-state index contributed by atoms with van der Waals surface area (Å²) in [7, 11) is 0. The summed E-state index contributed by atoms with van der Waals surface area (Å²) in [4.78, 5) is 12.0. The highest BCUT2D eigenvalue weighted by Gasteiger charge is 2.10. The number of nitrogens with one attached hydrogen (secondary N) is 1. The summed E-state index contributed by atoms with van der Waals surface area (Å²) in [6.45, 7) is 2.52. The first kappa shape index (κ1) is 15.9. The molecule has 5 nitrogen and oxygen atoms in total. The van der Waals surface area contributed by atoms with Crippen LogP contribution in [0.1, 0.15) is 24.9 Å². The molecule has 0 fully saturated rings. The number of benzene rings is 2. The van der Waals surface area contributed by atoms with Crippen LogP contribution in [0, 0.1) is 0 Å². The lowest BCUT2D eigenvalue weighted by Gasteiger charge is -2.15. The molecule has 1 amide bonds. The SMILES string of the molecule is C[C@H](NC(=O)CCn1ccnn1)c1ccc(-c2ccccc2)cc1. The molecule has 5 heteroatoms. The third-order valence-electron chi connectivity index (χ3n) is 3.94. The van der Waals surface area contributed by atoms with E-state index in [-0.39, 0.29) is 11.9 Å². The molecule has 0 unspecified atom stereocenters. The average molecular weight is 320 g/mol. The fraction of sp³-hybridized carbons (Fsp3) is 0.211. The molecule has 1 N–H and O–H groups in total. The Morgan fingerprint density at radius 3 is 2.46 bits per heavy atom. The van der Waals surface area contributed by atoms with E-state index in [4.69, 9.17) is 0 Å². The second-order valence-corrected chi connectivity index (χ2v) is 5.69. The molecule has 0 spiro atoms. The molecule has 0 bridgehead atoms. The Kier molecular flexibility index (Phi) is 5.01. The first-order chi connectivity index (χ1) is 11.7. The van der Waals surface area contributed by atoms with Gasteiger partial charge in [0.15, 0.2) is 0 Å². The van der Waals surface area contributed by atoms with Crippen molar-refractivity contribution in [2.24, 2.45) is 0 Å². The van der Waals surface area contributed by atoms with Crippen LogP contribution in [0.5, 0.6) is 0 Å². The van der Waals surface area contributed by atoms with Gasteiger partial charge in [-0.15, -0.1) is 5.10 Å². The van der Waals surface area contributed by atoms with Crippen LogP contribution in [-0.4, -0.2) is 20.9 Å². The van der Waals surface area contributed by atoms with E-state index < -0.39 is 0 Å². The first-order valence-corrected chi connectivity index (χ1v) is 8.01. The normalized spacial score (nSPS) is 11.9. The summed E-state index contributed by atoms with van der Waals surface area (Å²) < 4.78 is 1.65. The minimum Gasteiger partial charge on any atom is -0.350 e. The maximum Gasteiger partial charge on any atom is 0.222 e. The van der Waals surface area contributed by atoms with E-state index in [0.29, 0.717) is 13.0 Å². The van der Waals surface area contributed by atoms with Crippen LogP contribution >= 0.6 is 0 Å². The van der Waals surface area contributed by atoms with Crippen molar-refractivity contribution in [1.29, 1.82) is 0 Å². The highest BCUT2D eigenvalue weighted by atomic mass is 16.1. The molecule has 0 aliphatic rings. The van der Waals surface area contributed by atoms with Gasteiger partial charge in [0, 0.05) is 12.6 Å². The van der Waals surface area contributed by atoms with Gasteiger partial charge >= 0.3 is 0 Å². The summed E-state index contributed by atoms with van der Waals surface area (Å²) in [5.74, 6) is 0.00476. The van der Waals surface area contributed by atoms with Crippen molar-refractivity contribution in [2.75, 3.05) is 0 Å². The average Bonchev–Trinajstić information content (AvgIpc) is 3.14. The number of hydrogen-bond acceptors (Lipinski definition) is 3. The number of rotatable bonds is 6. The first-order valence-electron chi connectivity index (χ1n) is 8.01. The van der Waals surface area contributed by atoms with Gasteiger partial charge in [0.2, 0.25) is 5.91 Å². The zero-order chi connectivity index (χ0) is 16.8. The number of hydrogen-bond donors (Lipinski definition) is 1. The number of carbonyl (C=O) groups excluding carboxylic acids is 1. The standard InChI is InChI=1S/C19H20N4O/c1-15(21-19(24)11-13-23-14-12-20-22-23)16-7-9-18(10-8-16)17-5-3-2-4-6-17/h2-10,12,14-15H,11,13H2,1H3,(H,21,24)/t15-/m0/s1. The number of amides is 1. The Hall–Kier alpha value is -2.95. The molecular formula is C19H20N4O. The second kappa shape index (κ2) is 7.55. The summed E-state index contributed by atoms with van der Waals surface area (Å²) in [6.07, 6.45) is 3.74. The van der Waals surface area contributed by atoms with Crippen molar-refractivity contribution < 1.29 is 4.79 Å². The van der Waals surface area contributed by atoms with Gasteiger partial charge in [0.25, 0.3) is 0 Å². The van der Waals surface area contributed by atoms with Gasteiger partial charge < -0.3 is 5.32 Å². The van der Waals surface area contributed by atoms with Crippen LogP contribution in [0.4, 0.5) is 0 Å². The molecule has 3 aromatic rings.